The first-order valence-electron chi connectivity index (χ1n) is 7.54. The summed E-state index contributed by atoms with van der Waals surface area (Å²) in [6.45, 7) is 1.71. The number of nitrogens with two attached hydrogens (primary N) is 1. The van der Waals surface area contributed by atoms with Gasteiger partial charge in [-0.2, -0.15) is 4.98 Å². The van der Waals surface area contributed by atoms with Gasteiger partial charge >= 0.3 is 5.97 Å². The van der Waals surface area contributed by atoms with Crippen molar-refractivity contribution in [1.29, 1.82) is 0 Å². The fraction of sp³-hybridized carbons (Fsp3) is 0.118. The number of carbonyl (C=O) groups excluding carboxylic acids is 1. The molecule has 0 aliphatic rings. The van der Waals surface area contributed by atoms with Crippen molar-refractivity contribution in [3.05, 3.63) is 69.6 Å². The van der Waals surface area contributed by atoms with Crippen LogP contribution in [-0.2, 0) is 11.3 Å². The molecule has 3 rings (SSSR count). The summed E-state index contributed by atoms with van der Waals surface area (Å²) in [7, 11) is 0. The smallest absolute Gasteiger partial charge is 0.338 e. The topological polar surface area (TPSA) is 134 Å². The Morgan fingerprint density at radius 3 is 2.69 bits per heavy atom. The lowest BCUT2D eigenvalue weighted by atomic mass is 10.1. The molecule has 0 bridgehead atoms. The zero-order valence-electron chi connectivity index (χ0n) is 13.7. The van der Waals surface area contributed by atoms with Crippen molar-refractivity contribution in [2.45, 2.75) is 13.5 Å². The maximum absolute atomic E-state index is 12.0. The van der Waals surface area contributed by atoms with E-state index in [2.05, 4.69) is 10.1 Å². The molecular formula is C17H14N4O5. The van der Waals surface area contributed by atoms with E-state index in [1.54, 1.807) is 0 Å². The molecule has 132 valence electrons. The zero-order valence-corrected chi connectivity index (χ0v) is 13.7. The Labute approximate surface area is 147 Å². The van der Waals surface area contributed by atoms with E-state index >= 15 is 0 Å². The Morgan fingerprint density at radius 2 is 2.00 bits per heavy atom. The summed E-state index contributed by atoms with van der Waals surface area (Å²) >= 11 is 0. The maximum atomic E-state index is 12.0. The van der Waals surface area contributed by atoms with E-state index in [1.165, 1.54) is 12.1 Å². The van der Waals surface area contributed by atoms with E-state index in [-0.39, 0.29) is 29.4 Å². The van der Waals surface area contributed by atoms with Crippen LogP contribution < -0.4 is 5.73 Å². The molecule has 0 aliphatic heterocycles. The Bertz CT molecular complexity index is 966. The largest absolute Gasteiger partial charge is 0.452 e. The lowest BCUT2D eigenvalue weighted by molar-refractivity contribution is -0.383. The lowest BCUT2D eigenvalue weighted by Crippen LogP contribution is -2.07. The van der Waals surface area contributed by atoms with Crippen LogP contribution in [0.2, 0.25) is 0 Å². The SMILES string of the molecule is Cc1ccc(-c2noc(COC(=O)c3ccc(N)c([N+](=O)[O-])c3)n2)cc1. The molecule has 0 aliphatic carbocycles. The first kappa shape index (κ1) is 17.1. The van der Waals surface area contributed by atoms with Crippen LogP contribution in [0.1, 0.15) is 21.8 Å². The van der Waals surface area contributed by atoms with E-state index < -0.39 is 10.9 Å². The normalized spacial score (nSPS) is 10.5. The summed E-state index contributed by atoms with van der Waals surface area (Å²) in [6.07, 6.45) is 0. The number of esters is 1. The van der Waals surface area contributed by atoms with Crippen molar-refractivity contribution >= 4 is 17.3 Å². The highest BCUT2D eigenvalue weighted by Crippen LogP contribution is 2.23. The highest BCUT2D eigenvalue weighted by Gasteiger charge is 2.18. The number of ether oxygens (including phenoxy) is 1. The molecule has 26 heavy (non-hydrogen) atoms. The molecular weight excluding hydrogens is 340 g/mol. The fourth-order valence-corrected chi connectivity index (χ4v) is 2.17. The minimum Gasteiger partial charge on any atom is -0.452 e. The minimum absolute atomic E-state index is 0.00386. The summed E-state index contributed by atoms with van der Waals surface area (Å²) in [4.78, 5) is 26.4. The van der Waals surface area contributed by atoms with Crippen LogP contribution in [0.3, 0.4) is 0 Å². The number of benzene rings is 2. The van der Waals surface area contributed by atoms with Gasteiger partial charge in [-0.05, 0) is 19.1 Å². The molecule has 2 aromatic carbocycles. The third kappa shape index (κ3) is 3.66. The second kappa shape index (κ2) is 7.01. The minimum atomic E-state index is -0.761. The average Bonchev–Trinajstić information content (AvgIpc) is 3.09. The second-order valence-electron chi connectivity index (χ2n) is 5.48. The van der Waals surface area contributed by atoms with Crippen LogP contribution in [0.25, 0.3) is 11.4 Å². The molecule has 0 spiro atoms. The Morgan fingerprint density at radius 1 is 1.27 bits per heavy atom. The van der Waals surface area contributed by atoms with E-state index in [0.717, 1.165) is 17.2 Å². The quantitative estimate of drug-likeness (QED) is 0.320. The van der Waals surface area contributed by atoms with Gasteiger partial charge in [-0.1, -0.05) is 35.0 Å². The third-order valence-electron chi connectivity index (χ3n) is 3.57. The van der Waals surface area contributed by atoms with Crippen LogP contribution in [0, 0.1) is 17.0 Å². The van der Waals surface area contributed by atoms with E-state index in [1.807, 2.05) is 31.2 Å². The number of hydrogen-bond acceptors (Lipinski definition) is 8. The number of nitro groups is 1. The molecule has 0 atom stereocenters. The van der Waals surface area contributed by atoms with Gasteiger partial charge < -0.3 is 15.0 Å². The van der Waals surface area contributed by atoms with Gasteiger partial charge in [-0.25, -0.2) is 4.79 Å². The van der Waals surface area contributed by atoms with Gasteiger partial charge in [0, 0.05) is 11.6 Å². The van der Waals surface area contributed by atoms with Gasteiger partial charge in [0.1, 0.15) is 5.69 Å². The van der Waals surface area contributed by atoms with Gasteiger partial charge in [-0.3, -0.25) is 10.1 Å². The lowest BCUT2D eigenvalue weighted by Gasteiger charge is -2.03. The molecule has 0 saturated heterocycles. The molecule has 0 saturated carbocycles. The van der Waals surface area contributed by atoms with Crippen LogP contribution in [0.5, 0.6) is 0 Å². The molecule has 0 amide bonds. The van der Waals surface area contributed by atoms with Crippen molar-refractivity contribution in [1.82, 2.24) is 10.1 Å². The van der Waals surface area contributed by atoms with Crippen molar-refractivity contribution in [3.63, 3.8) is 0 Å². The van der Waals surface area contributed by atoms with Gasteiger partial charge in [0.2, 0.25) is 5.82 Å². The Balaban J connectivity index is 1.68. The summed E-state index contributed by atoms with van der Waals surface area (Å²) in [5.41, 5.74) is 6.97. The zero-order chi connectivity index (χ0) is 18.7. The van der Waals surface area contributed by atoms with E-state index in [4.69, 9.17) is 15.0 Å². The number of rotatable bonds is 5. The first-order chi connectivity index (χ1) is 12.4. The summed E-state index contributed by atoms with van der Waals surface area (Å²) in [5, 5.41) is 14.7. The van der Waals surface area contributed by atoms with Crippen molar-refractivity contribution in [3.8, 4) is 11.4 Å². The molecule has 2 N–H and O–H groups in total. The van der Waals surface area contributed by atoms with Crippen LogP contribution in [-0.4, -0.2) is 21.0 Å². The van der Waals surface area contributed by atoms with Gasteiger partial charge in [-0.15, -0.1) is 0 Å². The van der Waals surface area contributed by atoms with Crippen molar-refractivity contribution < 1.29 is 19.0 Å². The van der Waals surface area contributed by atoms with Gasteiger partial charge in [0.05, 0.1) is 10.5 Å². The van der Waals surface area contributed by atoms with Crippen molar-refractivity contribution in [2.75, 3.05) is 5.73 Å². The predicted octanol–water partition coefficient (Wildman–Crippen LogP) is 2.89. The first-order valence-corrected chi connectivity index (χ1v) is 7.54. The number of nitro benzene ring substituents is 1. The standard InChI is InChI=1S/C17H14N4O5/c1-10-2-4-11(5-3-10)16-19-15(26-20-16)9-25-17(22)12-6-7-13(18)14(8-12)21(23)24/h2-8H,9,18H2,1H3. The number of anilines is 1. The molecule has 1 heterocycles. The van der Waals surface area contributed by atoms with E-state index in [0.29, 0.717) is 5.82 Å². The summed E-state index contributed by atoms with van der Waals surface area (Å²) < 4.78 is 10.1. The number of aromatic nitrogens is 2. The molecule has 1 aromatic heterocycles. The van der Waals surface area contributed by atoms with Crippen LogP contribution >= 0.6 is 0 Å². The number of hydrogen-bond donors (Lipinski definition) is 1. The molecule has 0 unspecified atom stereocenters. The van der Waals surface area contributed by atoms with Crippen LogP contribution in [0.4, 0.5) is 11.4 Å². The van der Waals surface area contributed by atoms with E-state index in [9.17, 15) is 14.9 Å². The number of aryl methyl sites for hydroxylation is 1. The average molecular weight is 354 g/mol. The van der Waals surface area contributed by atoms with Crippen molar-refractivity contribution in [2.24, 2.45) is 0 Å². The molecule has 9 nitrogen and oxygen atoms in total. The number of nitrogen functional groups attached to an aromatic ring is 1. The fourth-order valence-electron chi connectivity index (χ4n) is 2.17. The third-order valence-corrected chi connectivity index (χ3v) is 3.57. The van der Waals surface area contributed by atoms with Gasteiger partial charge in [0.25, 0.3) is 11.6 Å². The molecule has 0 radical (unpaired) electrons. The highest BCUT2D eigenvalue weighted by molar-refractivity contribution is 5.91. The molecule has 9 heteroatoms. The summed E-state index contributed by atoms with van der Waals surface area (Å²) in [5.74, 6) is -0.277. The van der Waals surface area contributed by atoms with Gasteiger partial charge in [0.15, 0.2) is 6.61 Å². The highest BCUT2D eigenvalue weighted by atomic mass is 16.6. The monoisotopic (exact) mass is 354 g/mol. The Hall–Kier alpha value is -3.75. The summed E-state index contributed by atoms with van der Waals surface area (Å²) in [6, 6.07) is 11.2. The second-order valence-corrected chi connectivity index (χ2v) is 5.48. The van der Waals surface area contributed by atoms with Crippen LogP contribution in [0.15, 0.2) is 47.0 Å². The Kier molecular flexibility index (Phi) is 4.61. The predicted molar refractivity (Wildman–Crippen MR) is 91.1 cm³/mol. The molecule has 0 fully saturated rings. The molecule has 3 aromatic rings. The number of nitrogens with zero attached hydrogens (tertiary/aromatic N) is 3. The number of carbonyl (C=O) groups is 1. The maximum Gasteiger partial charge on any atom is 0.338 e.